The summed E-state index contributed by atoms with van der Waals surface area (Å²) >= 11 is 0. The number of fused-ring (bicyclic) bond motifs is 5. The summed E-state index contributed by atoms with van der Waals surface area (Å²) in [6.45, 7) is 2.66. The molecule has 0 aromatic carbocycles. The number of H-pyrrole nitrogens is 1. The number of nitrogens with zero attached hydrogens (tertiary/aromatic N) is 1. The van der Waals surface area contributed by atoms with Crippen molar-refractivity contribution in [2.75, 3.05) is 6.54 Å². The monoisotopic (exact) mass is 268 g/mol. The Hall–Kier alpha value is -1.77. The maximum Gasteiger partial charge on any atom is 0.161 e. The Morgan fingerprint density at radius 1 is 1.25 bits per heavy atom. The van der Waals surface area contributed by atoms with Crippen molar-refractivity contribution in [3.63, 3.8) is 0 Å². The molecule has 3 nitrogen and oxygen atoms in total. The normalized spacial score (nSPS) is 23.8. The minimum atomic E-state index is 0.149. The smallest absolute Gasteiger partial charge is 0.161 e. The maximum absolute atomic E-state index is 11.5. The number of hydrogen-bond donors (Lipinski definition) is 1. The van der Waals surface area contributed by atoms with Gasteiger partial charge < -0.3 is 9.88 Å². The highest BCUT2D eigenvalue weighted by atomic mass is 16.1. The summed E-state index contributed by atoms with van der Waals surface area (Å²) in [7, 11) is 0. The summed E-state index contributed by atoms with van der Waals surface area (Å²) in [5.41, 5.74) is 6.82. The predicted molar refractivity (Wildman–Crippen MR) is 78.5 cm³/mol. The molecule has 0 radical (unpaired) electrons. The number of rotatable bonds is 1. The Balaban J connectivity index is 1.74. The first-order valence-electron chi connectivity index (χ1n) is 7.63. The second-order valence-electron chi connectivity index (χ2n) is 6.11. The number of aryl methyl sites for hydroxylation is 1. The van der Waals surface area contributed by atoms with Crippen LogP contribution in [-0.2, 0) is 24.1 Å². The van der Waals surface area contributed by atoms with Crippen molar-refractivity contribution < 1.29 is 4.79 Å². The molecule has 3 heteroatoms. The summed E-state index contributed by atoms with van der Waals surface area (Å²) in [6.07, 6.45) is 12.4. The zero-order valence-electron chi connectivity index (χ0n) is 11.9. The maximum atomic E-state index is 11.5. The van der Waals surface area contributed by atoms with Crippen LogP contribution in [0.25, 0.3) is 0 Å². The summed E-state index contributed by atoms with van der Waals surface area (Å²) in [6, 6.07) is 0.299. The van der Waals surface area contributed by atoms with E-state index in [-0.39, 0.29) is 5.78 Å². The molecule has 1 atom stereocenters. The summed E-state index contributed by atoms with van der Waals surface area (Å²) in [5.74, 6) is 0.149. The third-order valence-electron chi connectivity index (χ3n) is 4.89. The molecule has 2 aliphatic heterocycles. The molecule has 1 aliphatic carbocycles. The minimum absolute atomic E-state index is 0.149. The van der Waals surface area contributed by atoms with Crippen LogP contribution in [-0.4, -0.2) is 22.2 Å². The van der Waals surface area contributed by atoms with E-state index in [9.17, 15) is 4.79 Å². The minimum Gasteiger partial charge on any atom is -0.364 e. The number of ketones is 1. The van der Waals surface area contributed by atoms with Gasteiger partial charge in [0.15, 0.2) is 5.78 Å². The van der Waals surface area contributed by atoms with E-state index in [4.69, 9.17) is 0 Å². The molecule has 1 unspecified atom stereocenters. The van der Waals surface area contributed by atoms with E-state index in [1.54, 1.807) is 18.1 Å². The van der Waals surface area contributed by atoms with E-state index >= 15 is 0 Å². The van der Waals surface area contributed by atoms with Gasteiger partial charge in [-0.05, 0) is 50.2 Å². The molecular formula is C17H20N2O. The van der Waals surface area contributed by atoms with E-state index < -0.39 is 0 Å². The quantitative estimate of drug-likeness (QED) is 0.850. The topological polar surface area (TPSA) is 36.1 Å². The predicted octanol–water partition coefficient (Wildman–Crippen LogP) is 2.84. The number of carbonyl (C=O) groups excluding carboxylic acids is 1. The lowest BCUT2D eigenvalue weighted by Crippen LogP contribution is -2.32. The molecule has 1 aromatic heterocycles. The number of aromatic amines is 1. The SMILES string of the molecule is CC(=O)C1=CN2CCc3c([nH]c4c3CCCC4)C2C=C1. The highest BCUT2D eigenvalue weighted by Crippen LogP contribution is 2.38. The lowest BCUT2D eigenvalue weighted by molar-refractivity contribution is -0.113. The van der Waals surface area contributed by atoms with Gasteiger partial charge in [-0.1, -0.05) is 12.2 Å². The molecular weight excluding hydrogens is 248 g/mol. The Morgan fingerprint density at radius 3 is 2.95 bits per heavy atom. The van der Waals surface area contributed by atoms with Gasteiger partial charge in [-0.15, -0.1) is 0 Å². The third kappa shape index (κ3) is 1.69. The fourth-order valence-corrected chi connectivity index (χ4v) is 3.84. The first-order valence-corrected chi connectivity index (χ1v) is 7.63. The average Bonchev–Trinajstić information content (AvgIpc) is 2.85. The number of Topliss-reactive ketones (excluding diaryl/α,β-unsaturated/α-hetero) is 1. The number of hydrogen-bond acceptors (Lipinski definition) is 2. The van der Waals surface area contributed by atoms with Gasteiger partial charge in [-0.2, -0.15) is 0 Å². The van der Waals surface area contributed by atoms with Gasteiger partial charge in [0.25, 0.3) is 0 Å². The Bertz CT molecular complexity index is 636. The van der Waals surface area contributed by atoms with Gasteiger partial charge in [-0.3, -0.25) is 4.79 Å². The van der Waals surface area contributed by atoms with E-state index in [1.807, 2.05) is 12.3 Å². The number of allylic oxidation sites excluding steroid dienone is 2. The van der Waals surface area contributed by atoms with Crippen LogP contribution >= 0.6 is 0 Å². The van der Waals surface area contributed by atoms with Crippen LogP contribution in [0.15, 0.2) is 23.9 Å². The van der Waals surface area contributed by atoms with Crippen LogP contribution in [0.5, 0.6) is 0 Å². The third-order valence-corrected chi connectivity index (χ3v) is 4.89. The van der Waals surface area contributed by atoms with Crippen molar-refractivity contribution in [3.8, 4) is 0 Å². The highest BCUT2D eigenvalue weighted by Gasteiger charge is 2.31. The van der Waals surface area contributed by atoms with E-state index in [2.05, 4.69) is 16.0 Å². The van der Waals surface area contributed by atoms with E-state index in [0.717, 1.165) is 18.5 Å². The second-order valence-corrected chi connectivity index (χ2v) is 6.11. The fourth-order valence-electron chi connectivity index (χ4n) is 3.84. The van der Waals surface area contributed by atoms with Crippen LogP contribution in [0.1, 0.15) is 48.3 Å². The Labute approximate surface area is 119 Å². The molecule has 104 valence electrons. The van der Waals surface area contributed by atoms with Crippen LogP contribution in [0, 0.1) is 0 Å². The van der Waals surface area contributed by atoms with Crippen molar-refractivity contribution >= 4 is 5.78 Å². The molecule has 0 saturated heterocycles. The van der Waals surface area contributed by atoms with Crippen molar-refractivity contribution in [1.82, 2.24) is 9.88 Å². The van der Waals surface area contributed by atoms with Crippen molar-refractivity contribution in [1.29, 1.82) is 0 Å². The van der Waals surface area contributed by atoms with E-state index in [1.165, 1.54) is 37.1 Å². The molecule has 0 spiro atoms. The number of nitrogens with one attached hydrogen (secondary N) is 1. The molecule has 1 N–H and O–H groups in total. The van der Waals surface area contributed by atoms with Gasteiger partial charge in [0.05, 0.1) is 6.04 Å². The molecule has 3 aliphatic rings. The summed E-state index contributed by atoms with van der Waals surface area (Å²) in [4.78, 5) is 17.5. The number of aromatic nitrogens is 1. The van der Waals surface area contributed by atoms with Crippen LogP contribution in [0.2, 0.25) is 0 Å². The molecule has 3 heterocycles. The van der Waals surface area contributed by atoms with Gasteiger partial charge in [-0.25, -0.2) is 0 Å². The van der Waals surface area contributed by atoms with Crippen molar-refractivity contribution in [2.24, 2.45) is 0 Å². The molecule has 1 aromatic rings. The van der Waals surface area contributed by atoms with Crippen LogP contribution < -0.4 is 0 Å². The van der Waals surface area contributed by atoms with E-state index in [0.29, 0.717) is 6.04 Å². The zero-order valence-corrected chi connectivity index (χ0v) is 11.9. The fraction of sp³-hybridized carbons (Fsp3) is 0.471. The lowest BCUT2D eigenvalue weighted by atomic mass is 9.89. The molecule has 0 saturated carbocycles. The first-order chi connectivity index (χ1) is 9.74. The highest BCUT2D eigenvalue weighted by molar-refractivity contribution is 5.96. The largest absolute Gasteiger partial charge is 0.364 e. The standard InChI is InChI=1S/C17H20N2O/c1-11(20)12-6-7-16-17-14(8-9-19(16)10-12)13-4-2-3-5-15(13)18-17/h6-7,10,16,18H,2-5,8-9H2,1H3. The first kappa shape index (κ1) is 12.0. The van der Waals surface area contributed by atoms with Gasteiger partial charge in [0.1, 0.15) is 0 Å². The number of carbonyl (C=O) groups is 1. The molecule has 0 fully saturated rings. The molecule has 20 heavy (non-hydrogen) atoms. The van der Waals surface area contributed by atoms with Gasteiger partial charge in [0.2, 0.25) is 0 Å². The van der Waals surface area contributed by atoms with Gasteiger partial charge >= 0.3 is 0 Å². The average molecular weight is 268 g/mol. The lowest BCUT2D eigenvalue weighted by Gasteiger charge is -2.36. The van der Waals surface area contributed by atoms with Crippen LogP contribution in [0.4, 0.5) is 0 Å². The molecule has 4 rings (SSSR count). The summed E-state index contributed by atoms with van der Waals surface area (Å²) < 4.78 is 0. The molecule has 0 amide bonds. The van der Waals surface area contributed by atoms with Crippen molar-refractivity contribution in [2.45, 2.75) is 45.1 Å². The molecule has 0 bridgehead atoms. The zero-order chi connectivity index (χ0) is 13.7. The second kappa shape index (κ2) is 4.37. The van der Waals surface area contributed by atoms with Gasteiger partial charge in [0, 0.05) is 29.7 Å². The Morgan fingerprint density at radius 2 is 2.10 bits per heavy atom. The summed E-state index contributed by atoms with van der Waals surface area (Å²) in [5, 5.41) is 0. The van der Waals surface area contributed by atoms with Crippen LogP contribution in [0.3, 0.4) is 0 Å². The van der Waals surface area contributed by atoms with Crippen molar-refractivity contribution in [3.05, 3.63) is 46.4 Å². The Kier molecular flexibility index (Phi) is 2.62.